The maximum absolute atomic E-state index is 13.2. The molecule has 10 heteroatoms. The molecule has 0 atom stereocenters. The second-order valence-corrected chi connectivity index (χ2v) is 10.9. The number of hydrogen-bond donors (Lipinski definition) is 1. The summed E-state index contributed by atoms with van der Waals surface area (Å²) >= 11 is 7.75. The molecule has 1 aliphatic rings. The van der Waals surface area contributed by atoms with Crippen LogP contribution in [-0.2, 0) is 16.2 Å². The van der Waals surface area contributed by atoms with Crippen LogP contribution in [0.25, 0.3) is 6.08 Å². The number of imide groups is 2. The van der Waals surface area contributed by atoms with Crippen LogP contribution in [0.15, 0.2) is 70.7 Å². The highest BCUT2D eigenvalue weighted by Crippen LogP contribution is 2.31. The molecule has 0 saturated carbocycles. The summed E-state index contributed by atoms with van der Waals surface area (Å²) in [6.45, 7) is 2.76. The average molecular weight is 773 g/mol. The van der Waals surface area contributed by atoms with Gasteiger partial charge in [0.05, 0.1) is 19.4 Å². The molecule has 7 nitrogen and oxygen atoms in total. The van der Waals surface area contributed by atoms with Gasteiger partial charge in [-0.15, -0.1) is 0 Å². The van der Waals surface area contributed by atoms with Crippen LogP contribution < -0.4 is 19.7 Å². The van der Waals surface area contributed by atoms with Crippen LogP contribution in [0.2, 0.25) is 0 Å². The predicted molar refractivity (Wildman–Crippen MR) is 157 cm³/mol. The Kier molecular flexibility index (Phi) is 8.67. The molecule has 1 saturated heterocycles. The first-order chi connectivity index (χ1) is 17.3. The van der Waals surface area contributed by atoms with E-state index in [9.17, 15) is 14.4 Å². The Hall–Kier alpha value is -2.45. The highest BCUT2D eigenvalue weighted by Gasteiger charge is 2.36. The van der Waals surface area contributed by atoms with Crippen molar-refractivity contribution in [2.75, 3.05) is 11.5 Å². The van der Waals surface area contributed by atoms with Crippen molar-refractivity contribution in [3.05, 3.63) is 89.0 Å². The van der Waals surface area contributed by atoms with E-state index in [1.807, 2.05) is 43.3 Å². The molecule has 1 N–H and O–H groups in total. The van der Waals surface area contributed by atoms with Gasteiger partial charge in [-0.1, -0.05) is 28.1 Å². The molecule has 1 aliphatic heterocycles. The molecule has 0 radical (unpaired) electrons. The molecule has 0 aliphatic carbocycles. The molecule has 36 heavy (non-hydrogen) atoms. The smallest absolute Gasteiger partial charge is 0.335 e. The molecule has 4 rings (SSSR count). The van der Waals surface area contributed by atoms with Crippen LogP contribution in [0.4, 0.5) is 10.5 Å². The molecule has 4 amide bonds. The molecular weight excluding hydrogens is 754 g/mol. The third kappa shape index (κ3) is 6.09. The summed E-state index contributed by atoms with van der Waals surface area (Å²) in [5.74, 6) is -0.113. The van der Waals surface area contributed by atoms with Gasteiger partial charge < -0.3 is 9.47 Å². The van der Waals surface area contributed by atoms with Crippen molar-refractivity contribution < 1.29 is 23.9 Å². The lowest BCUT2D eigenvalue weighted by Crippen LogP contribution is -2.54. The Morgan fingerprint density at radius 1 is 0.944 bits per heavy atom. The third-order valence-corrected chi connectivity index (χ3v) is 7.27. The lowest BCUT2D eigenvalue weighted by Gasteiger charge is -2.26. The largest absolute Gasteiger partial charge is 0.494 e. The normalized spacial score (nSPS) is 14.7. The number of ether oxygens (including phenoxy) is 2. The minimum atomic E-state index is -0.799. The van der Waals surface area contributed by atoms with Crippen molar-refractivity contribution in [2.45, 2.75) is 13.5 Å². The number of nitrogens with one attached hydrogen (secondary N) is 1. The number of amides is 4. The first-order valence-corrected chi connectivity index (χ1v) is 13.7. The summed E-state index contributed by atoms with van der Waals surface area (Å²) in [7, 11) is 0. The zero-order valence-electron chi connectivity index (χ0n) is 18.9. The standard InChI is InChI=1S/C26H19BrI2N2O5/c1-2-35-19-9-7-18(8-10-19)31-25(33)20(24(32)30-26(31)34)11-16-12-21(28)23(22(29)13-16)36-14-15-3-5-17(27)6-4-15/h3-13H,2,14H2,1H3,(H,30,32,34)/b20-11+. The monoisotopic (exact) mass is 772 g/mol. The van der Waals surface area contributed by atoms with Gasteiger partial charge in [0.1, 0.15) is 23.7 Å². The number of benzene rings is 3. The van der Waals surface area contributed by atoms with Crippen LogP contribution in [0.5, 0.6) is 11.5 Å². The number of halogens is 3. The second-order valence-electron chi connectivity index (χ2n) is 7.61. The fraction of sp³-hybridized carbons (Fsp3) is 0.115. The number of barbiturate groups is 1. The molecule has 0 aromatic heterocycles. The molecule has 3 aromatic rings. The van der Waals surface area contributed by atoms with Crippen molar-refractivity contribution in [2.24, 2.45) is 0 Å². The Bertz CT molecular complexity index is 1330. The van der Waals surface area contributed by atoms with E-state index >= 15 is 0 Å². The molecular formula is C26H19BrI2N2O5. The van der Waals surface area contributed by atoms with E-state index in [2.05, 4.69) is 66.4 Å². The number of rotatable bonds is 7. The van der Waals surface area contributed by atoms with Crippen molar-refractivity contribution >= 4 is 90.7 Å². The third-order valence-electron chi connectivity index (χ3n) is 5.14. The van der Waals surface area contributed by atoms with E-state index < -0.39 is 17.8 Å². The van der Waals surface area contributed by atoms with Crippen LogP contribution in [0, 0.1) is 7.14 Å². The van der Waals surface area contributed by atoms with Crippen molar-refractivity contribution in [1.29, 1.82) is 0 Å². The van der Waals surface area contributed by atoms with Gasteiger partial charge in [0.2, 0.25) is 0 Å². The van der Waals surface area contributed by atoms with E-state index in [1.165, 1.54) is 6.08 Å². The van der Waals surface area contributed by atoms with Gasteiger partial charge in [0.15, 0.2) is 0 Å². The minimum Gasteiger partial charge on any atom is -0.494 e. The highest BCUT2D eigenvalue weighted by atomic mass is 127. The van der Waals surface area contributed by atoms with Gasteiger partial charge >= 0.3 is 6.03 Å². The predicted octanol–water partition coefficient (Wildman–Crippen LogP) is 6.30. The van der Waals surface area contributed by atoms with Crippen LogP contribution >= 0.6 is 61.1 Å². The number of urea groups is 1. The van der Waals surface area contributed by atoms with Crippen LogP contribution in [-0.4, -0.2) is 24.5 Å². The van der Waals surface area contributed by atoms with E-state index in [4.69, 9.17) is 9.47 Å². The topological polar surface area (TPSA) is 84.9 Å². The maximum atomic E-state index is 13.2. The number of anilines is 1. The zero-order valence-corrected chi connectivity index (χ0v) is 24.8. The first kappa shape index (κ1) is 26.6. The molecule has 0 unspecified atom stereocenters. The quantitative estimate of drug-likeness (QED) is 0.173. The van der Waals surface area contributed by atoms with Gasteiger partial charge in [-0.25, -0.2) is 9.69 Å². The molecule has 1 fully saturated rings. The molecule has 3 aromatic carbocycles. The second kappa shape index (κ2) is 11.7. The lowest BCUT2D eigenvalue weighted by molar-refractivity contribution is -0.122. The summed E-state index contributed by atoms with van der Waals surface area (Å²) in [5.41, 5.74) is 1.86. The van der Waals surface area contributed by atoms with Gasteiger partial charge in [-0.3, -0.25) is 14.9 Å². The van der Waals surface area contributed by atoms with Gasteiger partial charge in [0, 0.05) is 4.47 Å². The summed E-state index contributed by atoms with van der Waals surface area (Å²) < 4.78 is 14.1. The SMILES string of the molecule is CCOc1ccc(N2C(=O)NC(=O)/C(=C\c3cc(I)c(OCc4ccc(Br)cc4)c(I)c3)C2=O)cc1. The number of carbonyl (C=O) groups is 3. The Morgan fingerprint density at radius 2 is 1.58 bits per heavy atom. The van der Waals surface area contributed by atoms with E-state index in [0.29, 0.717) is 36.0 Å². The molecule has 1 heterocycles. The van der Waals surface area contributed by atoms with Gasteiger partial charge in [0.25, 0.3) is 11.8 Å². The van der Waals surface area contributed by atoms with Crippen LogP contribution in [0.1, 0.15) is 18.1 Å². The summed E-state index contributed by atoms with van der Waals surface area (Å²) in [5, 5.41) is 2.25. The average Bonchev–Trinajstić information content (AvgIpc) is 2.83. The maximum Gasteiger partial charge on any atom is 0.335 e. The number of carbonyl (C=O) groups excluding carboxylic acids is 3. The molecule has 0 bridgehead atoms. The van der Waals surface area contributed by atoms with E-state index in [0.717, 1.165) is 22.1 Å². The Morgan fingerprint density at radius 3 is 2.19 bits per heavy atom. The fourth-order valence-electron chi connectivity index (χ4n) is 3.45. The van der Waals surface area contributed by atoms with Crippen molar-refractivity contribution in [1.82, 2.24) is 5.32 Å². The number of hydrogen-bond acceptors (Lipinski definition) is 5. The number of nitrogens with zero attached hydrogens (tertiary/aromatic N) is 1. The van der Waals surface area contributed by atoms with Gasteiger partial charge in [-0.05, 0) is 118 Å². The van der Waals surface area contributed by atoms with E-state index in [-0.39, 0.29) is 5.57 Å². The molecule has 184 valence electrons. The Labute approximate surface area is 243 Å². The van der Waals surface area contributed by atoms with Crippen LogP contribution in [0.3, 0.4) is 0 Å². The zero-order chi connectivity index (χ0) is 25.8. The summed E-state index contributed by atoms with van der Waals surface area (Å²) in [6, 6.07) is 17.2. The minimum absolute atomic E-state index is 0.140. The first-order valence-electron chi connectivity index (χ1n) is 10.8. The highest BCUT2D eigenvalue weighted by molar-refractivity contribution is 14.1. The van der Waals surface area contributed by atoms with Crippen molar-refractivity contribution in [3.63, 3.8) is 0 Å². The van der Waals surface area contributed by atoms with E-state index in [1.54, 1.807) is 24.3 Å². The lowest BCUT2D eigenvalue weighted by atomic mass is 10.1. The fourth-order valence-corrected chi connectivity index (χ4v) is 5.85. The van der Waals surface area contributed by atoms with Gasteiger partial charge in [-0.2, -0.15) is 0 Å². The summed E-state index contributed by atoms with van der Waals surface area (Å²) in [4.78, 5) is 39.2. The molecule has 0 spiro atoms. The Balaban J connectivity index is 1.58. The summed E-state index contributed by atoms with van der Waals surface area (Å²) in [6.07, 6.45) is 1.48. The van der Waals surface area contributed by atoms with Crippen molar-refractivity contribution in [3.8, 4) is 11.5 Å².